The lowest BCUT2D eigenvalue weighted by molar-refractivity contribution is -0.114. The Morgan fingerprint density at radius 3 is 2.47 bits per heavy atom. The minimum Gasteiger partial charge on any atom is -0.347 e. The van der Waals surface area contributed by atoms with Gasteiger partial charge in [0.15, 0.2) is 0 Å². The number of anilines is 2. The van der Waals surface area contributed by atoms with Gasteiger partial charge in [-0.15, -0.1) is 0 Å². The average Bonchev–Trinajstić information content (AvgIpc) is 2.78. The predicted molar refractivity (Wildman–Crippen MR) is 123 cm³/mol. The van der Waals surface area contributed by atoms with Gasteiger partial charge in [-0.05, 0) is 43.2 Å². The van der Waals surface area contributed by atoms with Crippen molar-refractivity contribution in [2.45, 2.75) is 25.7 Å². The van der Waals surface area contributed by atoms with E-state index in [1.165, 1.54) is 6.92 Å². The van der Waals surface area contributed by atoms with Gasteiger partial charge in [0.05, 0.1) is 10.9 Å². The molecule has 0 saturated carbocycles. The number of hydrogen-bond donors (Lipinski definition) is 2. The Balaban J connectivity index is 1.46. The number of piperidine rings is 1. The molecular formula is C23H26N6O3. The molecule has 0 bridgehead atoms. The van der Waals surface area contributed by atoms with E-state index in [1.54, 1.807) is 35.4 Å². The summed E-state index contributed by atoms with van der Waals surface area (Å²) in [5.74, 6) is 0.519. The number of carbonyl (C=O) groups excluding carboxylic acids is 2. The van der Waals surface area contributed by atoms with Crippen molar-refractivity contribution in [3.8, 4) is 0 Å². The number of nitrogens with one attached hydrogen (secondary N) is 2. The number of aromatic amines is 1. The predicted octanol–water partition coefficient (Wildman–Crippen LogP) is 2.36. The molecule has 1 aliphatic rings. The number of H-pyrrole nitrogens is 1. The number of carbonyl (C=O) groups is 2. The number of aromatic nitrogens is 3. The summed E-state index contributed by atoms with van der Waals surface area (Å²) >= 11 is 0. The highest BCUT2D eigenvalue weighted by Gasteiger charge is 2.25. The minimum atomic E-state index is -0.194. The highest BCUT2D eigenvalue weighted by molar-refractivity contribution is 5.95. The van der Waals surface area contributed by atoms with E-state index in [2.05, 4.69) is 20.3 Å². The number of hydrogen-bond acceptors (Lipinski definition) is 6. The molecule has 4 rings (SSSR count). The number of fused-ring (bicyclic) bond motifs is 1. The summed E-state index contributed by atoms with van der Waals surface area (Å²) in [6.45, 7) is 2.65. The molecule has 2 aromatic heterocycles. The summed E-state index contributed by atoms with van der Waals surface area (Å²) in [4.78, 5) is 51.9. The highest BCUT2D eigenvalue weighted by Crippen LogP contribution is 2.28. The number of pyridine rings is 1. The molecular weight excluding hydrogens is 408 g/mol. The zero-order chi connectivity index (χ0) is 22.8. The molecule has 0 spiro atoms. The van der Waals surface area contributed by atoms with Gasteiger partial charge in [-0.1, -0.05) is 0 Å². The van der Waals surface area contributed by atoms with Gasteiger partial charge in [-0.2, -0.15) is 0 Å². The zero-order valence-corrected chi connectivity index (χ0v) is 18.4. The van der Waals surface area contributed by atoms with Gasteiger partial charge >= 0.3 is 0 Å². The monoisotopic (exact) mass is 434 g/mol. The zero-order valence-electron chi connectivity index (χ0n) is 18.4. The Kier molecular flexibility index (Phi) is 5.89. The summed E-state index contributed by atoms with van der Waals surface area (Å²) in [6, 6.07) is 8.83. The van der Waals surface area contributed by atoms with Crippen LogP contribution in [0, 0.1) is 0 Å². The van der Waals surface area contributed by atoms with Crippen LogP contribution in [0.3, 0.4) is 0 Å². The van der Waals surface area contributed by atoms with Gasteiger partial charge in [0.2, 0.25) is 11.9 Å². The van der Waals surface area contributed by atoms with Crippen LogP contribution in [-0.4, -0.2) is 58.9 Å². The first-order valence-electron chi connectivity index (χ1n) is 10.6. The fraction of sp³-hybridized carbons (Fsp3) is 0.348. The fourth-order valence-electron chi connectivity index (χ4n) is 3.96. The van der Waals surface area contributed by atoms with Crippen LogP contribution in [0.4, 0.5) is 11.6 Å². The standard InChI is InChI=1S/C23H26N6O3/c1-14(30)25-17-6-4-16(5-7-17)22(32)29-10-8-15(9-11-29)19-12-20-18(21(31)26-19)13-24-23(27-20)28(2)3/h4-7,12-13,15H,8-11H2,1-3H3,(H,25,30)(H,26,31). The van der Waals surface area contributed by atoms with E-state index < -0.39 is 0 Å². The van der Waals surface area contributed by atoms with Gasteiger partial charge in [0.25, 0.3) is 11.5 Å². The molecule has 0 unspecified atom stereocenters. The lowest BCUT2D eigenvalue weighted by Gasteiger charge is -2.32. The first-order valence-corrected chi connectivity index (χ1v) is 10.6. The molecule has 32 heavy (non-hydrogen) atoms. The quantitative estimate of drug-likeness (QED) is 0.652. The van der Waals surface area contributed by atoms with E-state index in [4.69, 9.17) is 0 Å². The molecule has 2 N–H and O–H groups in total. The molecule has 1 saturated heterocycles. The Morgan fingerprint density at radius 1 is 1.16 bits per heavy atom. The van der Waals surface area contributed by atoms with Crippen molar-refractivity contribution in [2.24, 2.45) is 0 Å². The van der Waals surface area contributed by atoms with Crippen LogP contribution in [-0.2, 0) is 4.79 Å². The third kappa shape index (κ3) is 4.46. The first kappa shape index (κ1) is 21.5. The van der Waals surface area contributed by atoms with Crippen LogP contribution in [0.25, 0.3) is 10.9 Å². The number of amides is 2. The molecule has 2 amide bonds. The Hall–Kier alpha value is -3.75. The highest BCUT2D eigenvalue weighted by atomic mass is 16.2. The van der Waals surface area contributed by atoms with Gasteiger partial charge in [0, 0.05) is 63.2 Å². The van der Waals surface area contributed by atoms with Crippen LogP contribution >= 0.6 is 0 Å². The Morgan fingerprint density at radius 2 is 1.84 bits per heavy atom. The SMILES string of the molecule is CC(=O)Nc1ccc(C(=O)N2CCC(c3cc4nc(N(C)C)ncc4c(=O)[nH]3)CC2)cc1. The summed E-state index contributed by atoms with van der Waals surface area (Å²) in [5, 5.41) is 3.16. The first-order chi connectivity index (χ1) is 15.3. The number of nitrogens with zero attached hydrogens (tertiary/aromatic N) is 4. The average molecular weight is 435 g/mol. The normalized spacial score (nSPS) is 14.4. The maximum absolute atomic E-state index is 12.9. The van der Waals surface area contributed by atoms with Crippen molar-refractivity contribution in [3.63, 3.8) is 0 Å². The fourth-order valence-corrected chi connectivity index (χ4v) is 3.96. The number of rotatable bonds is 4. The van der Waals surface area contributed by atoms with Crippen LogP contribution in [0.15, 0.2) is 41.3 Å². The number of likely N-dealkylation sites (tertiary alicyclic amines) is 1. The third-order valence-electron chi connectivity index (χ3n) is 5.67. The van der Waals surface area contributed by atoms with Crippen molar-refractivity contribution in [1.29, 1.82) is 0 Å². The van der Waals surface area contributed by atoms with E-state index in [9.17, 15) is 14.4 Å². The second-order valence-electron chi connectivity index (χ2n) is 8.24. The number of benzene rings is 1. The second-order valence-corrected chi connectivity index (χ2v) is 8.24. The summed E-state index contributed by atoms with van der Waals surface area (Å²) in [7, 11) is 3.71. The molecule has 9 heteroatoms. The van der Waals surface area contributed by atoms with E-state index in [1.807, 2.05) is 25.1 Å². The van der Waals surface area contributed by atoms with E-state index in [0.717, 1.165) is 18.5 Å². The Bertz CT molecular complexity index is 1210. The van der Waals surface area contributed by atoms with Crippen LogP contribution < -0.4 is 15.8 Å². The summed E-state index contributed by atoms with van der Waals surface area (Å²) in [5.41, 5.74) is 2.53. The van der Waals surface area contributed by atoms with Gasteiger partial charge in [-0.3, -0.25) is 14.4 Å². The van der Waals surface area contributed by atoms with Crippen molar-refractivity contribution in [2.75, 3.05) is 37.4 Å². The summed E-state index contributed by atoms with van der Waals surface area (Å²) in [6.07, 6.45) is 3.06. The molecule has 1 aliphatic heterocycles. The van der Waals surface area contributed by atoms with Gasteiger partial charge in [0.1, 0.15) is 0 Å². The largest absolute Gasteiger partial charge is 0.347 e. The molecule has 0 radical (unpaired) electrons. The lowest BCUT2D eigenvalue weighted by Crippen LogP contribution is -2.38. The van der Waals surface area contributed by atoms with Crippen LogP contribution in [0.5, 0.6) is 0 Å². The van der Waals surface area contributed by atoms with E-state index >= 15 is 0 Å². The Labute approximate surface area is 185 Å². The van der Waals surface area contributed by atoms with E-state index in [-0.39, 0.29) is 23.3 Å². The minimum absolute atomic E-state index is 0.0341. The smallest absolute Gasteiger partial charge is 0.259 e. The van der Waals surface area contributed by atoms with Crippen molar-refractivity contribution in [3.05, 3.63) is 58.1 Å². The molecule has 1 fully saturated rings. The van der Waals surface area contributed by atoms with Crippen molar-refractivity contribution in [1.82, 2.24) is 19.9 Å². The van der Waals surface area contributed by atoms with Crippen LogP contribution in [0.1, 0.15) is 41.7 Å². The molecule has 1 aromatic carbocycles. The molecule has 166 valence electrons. The van der Waals surface area contributed by atoms with Crippen LogP contribution in [0.2, 0.25) is 0 Å². The molecule has 0 atom stereocenters. The third-order valence-corrected chi connectivity index (χ3v) is 5.67. The molecule has 0 aliphatic carbocycles. The molecule has 3 aromatic rings. The van der Waals surface area contributed by atoms with E-state index in [0.29, 0.717) is 41.2 Å². The summed E-state index contributed by atoms with van der Waals surface area (Å²) < 4.78 is 0. The molecule has 3 heterocycles. The second kappa shape index (κ2) is 8.78. The topological polar surface area (TPSA) is 111 Å². The van der Waals surface area contributed by atoms with Crippen molar-refractivity contribution >= 4 is 34.4 Å². The van der Waals surface area contributed by atoms with Gasteiger partial charge in [-0.25, -0.2) is 9.97 Å². The maximum Gasteiger partial charge on any atom is 0.259 e. The van der Waals surface area contributed by atoms with Gasteiger partial charge < -0.3 is 20.1 Å². The lowest BCUT2D eigenvalue weighted by atomic mass is 9.92. The van der Waals surface area contributed by atoms with Crippen molar-refractivity contribution < 1.29 is 9.59 Å². The molecule has 9 nitrogen and oxygen atoms in total. The maximum atomic E-state index is 12.9.